The van der Waals surface area contributed by atoms with Gasteiger partial charge in [-0.1, -0.05) is 0 Å². The monoisotopic (exact) mass is 314 g/mol. The zero-order valence-electron chi connectivity index (χ0n) is 9.32. The highest BCUT2D eigenvalue weighted by Gasteiger charge is 2.24. The summed E-state index contributed by atoms with van der Waals surface area (Å²) in [5.74, 6) is 0.508. The maximum absolute atomic E-state index is 11.4. The Hall–Kier alpha value is -1.21. The summed E-state index contributed by atoms with van der Waals surface area (Å²) in [7, 11) is 0. The number of hydrogen-bond donors (Lipinski definition) is 2. The normalized spacial score (nSPS) is 11.5. The van der Waals surface area contributed by atoms with Crippen LogP contribution >= 0.6 is 27.3 Å². The second-order valence-corrected chi connectivity index (χ2v) is 5.67. The molecule has 2 aromatic rings. The highest BCUT2D eigenvalue weighted by atomic mass is 79.9. The molecule has 0 aliphatic carbocycles. The van der Waals surface area contributed by atoms with Crippen LogP contribution in [0.2, 0.25) is 0 Å². The lowest BCUT2D eigenvalue weighted by Gasteiger charge is -2.24. The summed E-state index contributed by atoms with van der Waals surface area (Å²) in [6.07, 6.45) is 3.12. The molecule has 0 spiro atoms. The Kier molecular flexibility index (Phi) is 3.30. The van der Waals surface area contributed by atoms with E-state index in [9.17, 15) is 4.79 Å². The third kappa shape index (κ3) is 2.55. The number of aromatic nitrogens is 3. The standard InChI is InChI=1S/C10H11BrN4OS/c1-10(2,9-12-3-4-17-9)15-7-6(11)8(16)14-5-13-7/h3-5H,1-2H3,(H2,13,14,15,16). The van der Waals surface area contributed by atoms with Crippen molar-refractivity contribution in [3.8, 4) is 0 Å². The number of nitrogens with zero attached hydrogens (tertiary/aromatic N) is 2. The molecule has 0 aliphatic rings. The smallest absolute Gasteiger partial charge is 0.267 e. The maximum Gasteiger partial charge on any atom is 0.267 e. The summed E-state index contributed by atoms with van der Waals surface area (Å²) < 4.78 is 0.393. The van der Waals surface area contributed by atoms with Gasteiger partial charge < -0.3 is 10.3 Å². The first-order chi connectivity index (χ1) is 8.00. The van der Waals surface area contributed by atoms with Crippen molar-refractivity contribution in [3.63, 3.8) is 0 Å². The molecule has 2 aromatic heterocycles. The molecule has 0 aromatic carbocycles. The Bertz CT molecular complexity index is 564. The van der Waals surface area contributed by atoms with Crippen molar-refractivity contribution >= 4 is 33.1 Å². The summed E-state index contributed by atoms with van der Waals surface area (Å²) in [6, 6.07) is 0. The lowest BCUT2D eigenvalue weighted by atomic mass is 10.1. The van der Waals surface area contributed by atoms with E-state index in [0.29, 0.717) is 10.3 Å². The van der Waals surface area contributed by atoms with E-state index in [1.807, 2.05) is 19.2 Å². The van der Waals surface area contributed by atoms with Crippen LogP contribution in [0.5, 0.6) is 0 Å². The number of halogens is 1. The van der Waals surface area contributed by atoms with Gasteiger partial charge in [-0.3, -0.25) is 4.79 Å². The number of thiazole rings is 1. The van der Waals surface area contributed by atoms with E-state index >= 15 is 0 Å². The summed E-state index contributed by atoms with van der Waals surface area (Å²) in [4.78, 5) is 22.3. The van der Waals surface area contributed by atoms with Gasteiger partial charge in [0.25, 0.3) is 5.56 Å². The van der Waals surface area contributed by atoms with E-state index in [1.165, 1.54) is 6.33 Å². The van der Waals surface area contributed by atoms with Crippen LogP contribution in [0.3, 0.4) is 0 Å². The lowest BCUT2D eigenvalue weighted by Crippen LogP contribution is -2.29. The van der Waals surface area contributed by atoms with Crippen LogP contribution in [0.25, 0.3) is 0 Å². The average molecular weight is 315 g/mol. The average Bonchev–Trinajstić information content (AvgIpc) is 2.78. The summed E-state index contributed by atoms with van der Waals surface area (Å²) in [6.45, 7) is 3.97. The largest absolute Gasteiger partial charge is 0.358 e. The van der Waals surface area contributed by atoms with Gasteiger partial charge in [0.2, 0.25) is 0 Å². The van der Waals surface area contributed by atoms with Crippen molar-refractivity contribution < 1.29 is 0 Å². The van der Waals surface area contributed by atoms with E-state index in [-0.39, 0.29) is 11.1 Å². The SMILES string of the molecule is CC(C)(Nc1nc[nH]c(=O)c1Br)c1nccs1. The fourth-order valence-electron chi connectivity index (χ4n) is 1.35. The van der Waals surface area contributed by atoms with Crippen molar-refractivity contribution in [2.24, 2.45) is 0 Å². The van der Waals surface area contributed by atoms with Crippen LogP contribution in [0.4, 0.5) is 5.82 Å². The van der Waals surface area contributed by atoms with Crippen molar-refractivity contribution in [2.75, 3.05) is 5.32 Å². The first-order valence-electron chi connectivity index (χ1n) is 4.92. The molecule has 0 bridgehead atoms. The zero-order valence-corrected chi connectivity index (χ0v) is 11.7. The van der Waals surface area contributed by atoms with Crippen LogP contribution in [0.1, 0.15) is 18.9 Å². The first-order valence-corrected chi connectivity index (χ1v) is 6.59. The van der Waals surface area contributed by atoms with Crippen molar-refractivity contribution in [1.29, 1.82) is 0 Å². The zero-order chi connectivity index (χ0) is 12.5. The Balaban J connectivity index is 2.33. The maximum atomic E-state index is 11.4. The van der Waals surface area contributed by atoms with Gasteiger partial charge in [0, 0.05) is 11.6 Å². The van der Waals surface area contributed by atoms with Gasteiger partial charge in [0.05, 0.1) is 11.9 Å². The minimum absolute atomic E-state index is 0.211. The van der Waals surface area contributed by atoms with E-state index in [0.717, 1.165) is 5.01 Å². The predicted molar refractivity (Wildman–Crippen MR) is 71.3 cm³/mol. The predicted octanol–water partition coefficient (Wildman–Crippen LogP) is 2.34. The second kappa shape index (κ2) is 4.58. The first kappa shape index (κ1) is 12.3. The molecule has 0 atom stereocenters. The molecule has 90 valence electrons. The fraction of sp³-hybridized carbons (Fsp3) is 0.300. The molecule has 0 saturated carbocycles. The molecular weight excluding hydrogens is 304 g/mol. The highest BCUT2D eigenvalue weighted by molar-refractivity contribution is 9.10. The number of anilines is 1. The number of aromatic amines is 1. The van der Waals surface area contributed by atoms with Crippen LogP contribution < -0.4 is 10.9 Å². The number of hydrogen-bond acceptors (Lipinski definition) is 5. The van der Waals surface area contributed by atoms with Gasteiger partial charge in [-0.25, -0.2) is 9.97 Å². The van der Waals surface area contributed by atoms with E-state index in [1.54, 1.807) is 17.5 Å². The molecule has 2 N–H and O–H groups in total. The second-order valence-electron chi connectivity index (χ2n) is 3.98. The summed E-state index contributed by atoms with van der Waals surface area (Å²) in [5, 5.41) is 6.05. The molecule has 2 heterocycles. The van der Waals surface area contributed by atoms with Gasteiger partial charge in [-0.2, -0.15) is 0 Å². The van der Waals surface area contributed by atoms with E-state index in [4.69, 9.17) is 0 Å². The summed E-state index contributed by atoms with van der Waals surface area (Å²) in [5.41, 5.74) is -0.588. The van der Waals surface area contributed by atoms with Crippen LogP contribution in [-0.2, 0) is 5.54 Å². The highest BCUT2D eigenvalue weighted by Crippen LogP contribution is 2.28. The van der Waals surface area contributed by atoms with Crippen LogP contribution in [0.15, 0.2) is 27.2 Å². The lowest BCUT2D eigenvalue weighted by molar-refractivity contribution is 0.599. The van der Waals surface area contributed by atoms with Crippen molar-refractivity contribution in [1.82, 2.24) is 15.0 Å². The number of H-pyrrole nitrogens is 1. The third-order valence-electron chi connectivity index (χ3n) is 2.19. The van der Waals surface area contributed by atoms with Crippen LogP contribution in [0, 0.1) is 0 Å². The van der Waals surface area contributed by atoms with Crippen molar-refractivity contribution in [3.05, 3.63) is 37.7 Å². The molecule has 0 fully saturated rings. The third-order valence-corrected chi connectivity index (χ3v) is 4.03. The molecule has 0 amide bonds. The van der Waals surface area contributed by atoms with Gasteiger partial charge in [-0.15, -0.1) is 11.3 Å². The van der Waals surface area contributed by atoms with E-state index in [2.05, 4.69) is 36.2 Å². The van der Waals surface area contributed by atoms with Crippen molar-refractivity contribution in [2.45, 2.75) is 19.4 Å². The molecule has 17 heavy (non-hydrogen) atoms. The van der Waals surface area contributed by atoms with Gasteiger partial charge in [0.1, 0.15) is 15.3 Å². The number of rotatable bonds is 3. The Morgan fingerprint density at radius 2 is 2.24 bits per heavy atom. The van der Waals surface area contributed by atoms with Gasteiger partial charge in [0.15, 0.2) is 0 Å². The Morgan fingerprint density at radius 1 is 1.47 bits per heavy atom. The molecule has 0 radical (unpaired) electrons. The Labute approximate surface area is 110 Å². The molecular formula is C10H11BrN4OS. The minimum atomic E-state index is -0.378. The van der Waals surface area contributed by atoms with E-state index < -0.39 is 0 Å². The number of nitrogens with one attached hydrogen (secondary N) is 2. The molecule has 0 unspecified atom stereocenters. The quantitative estimate of drug-likeness (QED) is 0.912. The minimum Gasteiger partial charge on any atom is -0.358 e. The van der Waals surface area contributed by atoms with Gasteiger partial charge >= 0.3 is 0 Å². The fourth-order valence-corrected chi connectivity index (χ4v) is 2.39. The molecule has 7 heteroatoms. The Morgan fingerprint density at radius 3 is 2.88 bits per heavy atom. The molecule has 5 nitrogen and oxygen atoms in total. The van der Waals surface area contributed by atoms with Crippen LogP contribution in [-0.4, -0.2) is 15.0 Å². The molecule has 2 rings (SSSR count). The summed E-state index contributed by atoms with van der Waals surface area (Å²) >= 11 is 4.77. The van der Waals surface area contributed by atoms with Gasteiger partial charge in [-0.05, 0) is 29.8 Å². The molecule has 0 saturated heterocycles. The topological polar surface area (TPSA) is 70.7 Å². The molecule has 0 aliphatic heterocycles.